The van der Waals surface area contributed by atoms with Crippen LogP contribution in [0.3, 0.4) is 0 Å². The van der Waals surface area contributed by atoms with Gasteiger partial charge in [-0.25, -0.2) is 0 Å². The summed E-state index contributed by atoms with van der Waals surface area (Å²) in [5, 5.41) is 0. The number of carbonyl (C=O) groups excluding carboxylic acids is 1. The average Bonchev–Trinajstić information content (AvgIpc) is 2.33. The van der Waals surface area contributed by atoms with E-state index < -0.39 is 0 Å². The zero-order valence-corrected chi connectivity index (χ0v) is 11.9. The standard InChI is InChI=1S/C16H23NO/c1-12(2)13-5-7-14(8-6-13)17-10-9-15(18)16(3,4)11-17/h5-8,12H,9-11H2,1-4H3. The highest BCUT2D eigenvalue weighted by Crippen LogP contribution is 2.29. The highest BCUT2D eigenvalue weighted by atomic mass is 16.1. The lowest BCUT2D eigenvalue weighted by Crippen LogP contribution is -2.46. The summed E-state index contributed by atoms with van der Waals surface area (Å²) in [6, 6.07) is 8.76. The molecule has 0 atom stereocenters. The molecule has 0 spiro atoms. The van der Waals surface area contributed by atoms with E-state index in [0.717, 1.165) is 13.1 Å². The van der Waals surface area contributed by atoms with Crippen LogP contribution in [-0.4, -0.2) is 18.9 Å². The van der Waals surface area contributed by atoms with E-state index in [4.69, 9.17) is 0 Å². The van der Waals surface area contributed by atoms with Crippen molar-refractivity contribution >= 4 is 11.5 Å². The van der Waals surface area contributed by atoms with Gasteiger partial charge in [-0.15, -0.1) is 0 Å². The molecule has 2 nitrogen and oxygen atoms in total. The summed E-state index contributed by atoms with van der Waals surface area (Å²) in [5.74, 6) is 0.955. The molecule has 18 heavy (non-hydrogen) atoms. The Hall–Kier alpha value is -1.31. The summed E-state index contributed by atoms with van der Waals surface area (Å²) in [7, 11) is 0. The molecule has 98 valence electrons. The van der Waals surface area contributed by atoms with Gasteiger partial charge in [0.1, 0.15) is 5.78 Å². The van der Waals surface area contributed by atoms with Gasteiger partial charge < -0.3 is 4.90 Å². The quantitative estimate of drug-likeness (QED) is 0.793. The number of carbonyl (C=O) groups is 1. The van der Waals surface area contributed by atoms with Crippen molar-refractivity contribution in [2.45, 2.75) is 40.0 Å². The maximum absolute atomic E-state index is 11.8. The molecule has 0 aliphatic carbocycles. The molecule has 2 heteroatoms. The second kappa shape index (κ2) is 4.75. The third-order valence-electron chi connectivity index (χ3n) is 3.87. The van der Waals surface area contributed by atoms with E-state index in [1.807, 2.05) is 13.8 Å². The van der Waals surface area contributed by atoms with Crippen LogP contribution in [0.25, 0.3) is 0 Å². The van der Waals surface area contributed by atoms with Gasteiger partial charge in [0.05, 0.1) is 0 Å². The number of anilines is 1. The predicted molar refractivity (Wildman–Crippen MR) is 76.1 cm³/mol. The van der Waals surface area contributed by atoms with Gasteiger partial charge in [-0.2, -0.15) is 0 Å². The Balaban J connectivity index is 2.15. The minimum absolute atomic E-state index is 0.213. The Morgan fingerprint density at radius 2 is 1.78 bits per heavy atom. The molecular formula is C16H23NO. The Kier molecular flexibility index (Phi) is 3.47. The van der Waals surface area contributed by atoms with Gasteiger partial charge in [0.2, 0.25) is 0 Å². The Labute approximate surface area is 110 Å². The number of Topliss-reactive ketones (excluding diaryl/α,β-unsaturated/α-hetero) is 1. The molecule has 1 aromatic carbocycles. The van der Waals surface area contributed by atoms with Crippen LogP contribution in [0.1, 0.15) is 45.6 Å². The van der Waals surface area contributed by atoms with Gasteiger partial charge in [0, 0.05) is 30.6 Å². The van der Waals surface area contributed by atoms with Crippen LogP contribution < -0.4 is 4.90 Å². The van der Waals surface area contributed by atoms with Crippen molar-refractivity contribution in [1.82, 2.24) is 0 Å². The van der Waals surface area contributed by atoms with Crippen molar-refractivity contribution in [2.75, 3.05) is 18.0 Å². The Morgan fingerprint density at radius 1 is 1.17 bits per heavy atom. The Morgan fingerprint density at radius 3 is 2.28 bits per heavy atom. The molecule has 1 aliphatic rings. The highest BCUT2D eigenvalue weighted by Gasteiger charge is 2.34. The van der Waals surface area contributed by atoms with E-state index in [1.165, 1.54) is 11.3 Å². The minimum atomic E-state index is -0.213. The van der Waals surface area contributed by atoms with E-state index in [9.17, 15) is 4.79 Å². The largest absolute Gasteiger partial charge is 0.370 e. The van der Waals surface area contributed by atoms with E-state index in [2.05, 4.69) is 43.0 Å². The van der Waals surface area contributed by atoms with Crippen molar-refractivity contribution in [3.8, 4) is 0 Å². The molecule has 0 radical (unpaired) electrons. The van der Waals surface area contributed by atoms with Gasteiger partial charge in [0.25, 0.3) is 0 Å². The number of piperidine rings is 1. The smallest absolute Gasteiger partial charge is 0.142 e. The first kappa shape index (κ1) is 13.1. The number of benzene rings is 1. The molecular weight excluding hydrogens is 222 g/mol. The topological polar surface area (TPSA) is 20.3 Å². The van der Waals surface area contributed by atoms with Gasteiger partial charge in [-0.05, 0) is 23.6 Å². The van der Waals surface area contributed by atoms with Crippen LogP contribution >= 0.6 is 0 Å². The summed E-state index contributed by atoms with van der Waals surface area (Å²) in [4.78, 5) is 14.1. The average molecular weight is 245 g/mol. The zero-order valence-electron chi connectivity index (χ0n) is 11.9. The molecule has 0 bridgehead atoms. The first-order valence-corrected chi connectivity index (χ1v) is 6.78. The van der Waals surface area contributed by atoms with E-state index in [0.29, 0.717) is 18.1 Å². The lowest BCUT2D eigenvalue weighted by Gasteiger charge is -2.38. The van der Waals surface area contributed by atoms with Gasteiger partial charge in [-0.3, -0.25) is 4.79 Å². The lowest BCUT2D eigenvalue weighted by molar-refractivity contribution is -0.127. The SMILES string of the molecule is CC(C)c1ccc(N2CCC(=O)C(C)(C)C2)cc1. The molecule has 0 unspecified atom stereocenters. The second-order valence-corrected chi connectivity index (χ2v) is 6.22. The lowest BCUT2D eigenvalue weighted by atomic mass is 9.82. The number of hydrogen-bond donors (Lipinski definition) is 0. The summed E-state index contributed by atoms with van der Waals surface area (Å²) >= 11 is 0. The summed E-state index contributed by atoms with van der Waals surface area (Å²) in [6.07, 6.45) is 0.666. The molecule has 0 saturated carbocycles. The molecule has 0 aromatic heterocycles. The van der Waals surface area contributed by atoms with Gasteiger partial charge >= 0.3 is 0 Å². The molecule has 1 heterocycles. The van der Waals surface area contributed by atoms with Crippen LogP contribution in [0.4, 0.5) is 5.69 Å². The third-order valence-corrected chi connectivity index (χ3v) is 3.87. The predicted octanol–water partition coefficient (Wildman–Crippen LogP) is 3.62. The molecule has 1 aliphatic heterocycles. The number of hydrogen-bond acceptors (Lipinski definition) is 2. The van der Waals surface area contributed by atoms with Crippen molar-refractivity contribution in [2.24, 2.45) is 5.41 Å². The van der Waals surface area contributed by atoms with E-state index in [-0.39, 0.29) is 5.41 Å². The first-order chi connectivity index (χ1) is 8.40. The summed E-state index contributed by atoms with van der Waals surface area (Å²) in [5.41, 5.74) is 2.39. The van der Waals surface area contributed by atoms with Crippen molar-refractivity contribution in [1.29, 1.82) is 0 Å². The number of rotatable bonds is 2. The van der Waals surface area contributed by atoms with Gasteiger partial charge in [-0.1, -0.05) is 39.8 Å². The molecule has 0 N–H and O–H groups in total. The molecule has 1 fully saturated rings. The fraction of sp³-hybridized carbons (Fsp3) is 0.562. The van der Waals surface area contributed by atoms with Crippen LogP contribution in [-0.2, 0) is 4.79 Å². The maximum Gasteiger partial charge on any atom is 0.142 e. The monoisotopic (exact) mass is 245 g/mol. The second-order valence-electron chi connectivity index (χ2n) is 6.22. The molecule has 1 saturated heterocycles. The zero-order chi connectivity index (χ0) is 13.3. The van der Waals surface area contributed by atoms with E-state index >= 15 is 0 Å². The molecule has 1 aromatic rings. The Bertz CT molecular complexity index is 431. The fourth-order valence-corrected chi connectivity index (χ4v) is 2.51. The summed E-state index contributed by atoms with van der Waals surface area (Å²) < 4.78 is 0. The van der Waals surface area contributed by atoms with Crippen LogP contribution in [0.15, 0.2) is 24.3 Å². The molecule has 2 rings (SSSR count). The fourth-order valence-electron chi connectivity index (χ4n) is 2.51. The number of ketones is 1. The van der Waals surface area contributed by atoms with Crippen molar-refractivity contribution < 1.29 is 4.79 Å². The maximum atomic E-state index is 11.8. The third kappa shape index (κ3) is 2.58. The van der Waals surface area contributed by atoms with Gasteiger partial charge in [0.15, 0.2) is 0 Å². The first-order valence-electron chi connectivity index (χ1n) is 6.78. The van der Waals surface area contributed by atoms with Crippen molar-refractivity contribution in [3.63, 3.8) is 0 Å². The minimum Gasteiger partial charge on any atom is -0.370 e. The van der Waals surface area contributed by atoms with Crippen LogP contribution in [0, 0.1) is 5.41 Å². The highest BCUT2D eigenvalue weighted by molar-refractivity contribution is 5.86. The normalized spacial score (nSPS) is 19.4. The summed E-state index contributed by atoms with van der Waals surface area (Å²) in [6.45, 7) is 10.2. The van der Waals surface area contributed by atoms with Crippen LogP contribution in [0.5, 0.6) is 0 Å². The van der Waals surface area contributed by atoms with Crippen molar-refractivity contribution in [3.05, 3.63) is 29.8 Å². The van der Waals surface area contributed by atoms with Crippen LogP contribution in [0.2, 0.25) is 0 Å². The van der Waals surface area contributed by atoms with E-state index in [1.54, 1.807) is 0 Å². The number of nitrogens with zero attached hydrogens (tertiary/aromatic N) is 1. The molecule has 0 amide bonds.